The monoisotopic (exact) mass is 281 g/mol. The van der Waals surface area contributed by atoms with Crippen LogP contribution in [0.25, 0.3) is 0 Å². The number of hydrogen-bond acceptors (Lipinski definition) is 2. The van der Waals surface area contributed by atoms with E-state index in [1.165, 1.54) is 19.9 Å². The molecule has 2 nitrogen and oxygen atoms in total. The van der Waals surface area contributed by atoms with Crippen LogP contribution in [0.2, 0.25) is 0 Å². The smallest absolute Gasteiger partial charge is 0.147 e. The maximum absolute atomic E-state index is 13.0. The van der Waals surface area contributed by atoms with Gasteiger partial charge < -0.3 is 5.11 Å². The third-order valence-electron chi connectivity index (χ3n) is 1.39. The van der Waals surface area contributed by atoms with E-state index in [1.807, 2.05) is 22.6 Å². The number of hydrogen-bond donors (Lipinski definition) is 1. The average Bonchev–Trinajstić information content (AvgIpc) is 1.92. The lowest BCUT2D eigenvalue weighted by Gasteiger charge is -2.16. The van der Waals surface area contributed by atoms with Gasteiger partial charge in [0.2, 0.25) is 0 Å². The lowest BCUT2D eigenvalue weighted by molar-refractivity contribution is 0.0692. The van der Waals surface area contributed by atoms with Gasteiger partial charge >= 0.3 is 0 Å². The number of pyridine rings is 1. The van der Waals surface area contributed by atoms with Crippen molar-refractivity contribution < 1.29 is 9.50 Å². The van der Waals surface area contributed by atoms with E-state index in [-0.39, 0.29) is 5.69 Å². The summed E-state index contributed by atoms with van der Waals surface area (Å²) in [6, 6.07) is 2.87. The van der Waals surface area contributed by atoms with Gasteiger partial charge in [-0.1, -0.05) is 0 Å². The molecule has 0 aliphatic carbocycles. The molecule has 0 unspecified atom stereocenters. The summed E-state index contributed by atoms with van der Waals surface area (Å²) in [5, 5.41) is 9.49. The Morgan fingerprint density at radius 2 is 2.08 bits per heavy atom. The molecule has 0 bridgehead atoms. The Morgan fingerprint density at radius 3 is 2.50 bits per heavy atom. The predicted octanol–water partition coefficient (Wildman–Crippen LogP) is 2.05. The maximum Gasteiger partial charge on any atom is 0.147 e. The van der Waals surface area contributed by atoms with Gasteiger partial charge in [-0.25, -0.2) is 9.37 Å². The van der Waals surface area contributed by atoms with Crippen LogP contribution in [0, 0.1) is 9.52 Å². The molecule has 4 heteroatoms. The van der Waals surface area contributed by atoms with Crippen LogP contribution in [0.5, 0.6) is 0 Å². The highest BCUT2D eigenvalue weighted by molar-refractivity contribution is 14.1. The molecule has 1 N–H and O–H groups in total. The van der Waals surface area contributed by atoms with Gasteiger partial charge in [-0.15, -0.1) is 0 Å². The molecular formula is C8H9FINO. The van der Waals surface area contributed by atoms with Gasteiger partial charge in [0.05, 0.1) is 0 Å². The van der Waals surface area contributed by atoms with Crippen LogP contribution in [-0.4, -0.2) is 10.1 Å². The number of aromatic nitrogens is 1. The first-order valence-corrected chi connectivity index (χ1v) is 4.54. The minimum absolute atomic E-state index is 0.0920. The van der Waals surface area contributed by atoms with Gasteiger partial charge in [-0.3, -0.25) is 0 Å². The lowest BCUT2D eigenvalue weighted by Crippen LogP contribution is -2.20. The summed E-state index contributed by atoms with van der Waals surface area (Å²) in [5.74, 6) is -0.470. The van der Waals surface area contributed by atoms with Crippen molar-refractivity contribution >= 4 is 22.6 Å². The van der Waals surface area contributed by atoms with Crippen LogP contribution in [0.4, 0.5) is 4.39 Å². The molecule has 66 valence electrons. The maximum atomic E-state index is 13.0. The standard InChI is InChI=1S/C8H9FINO/c1-8(2,12)7-5(9)3-4-6(10)11-7/h3-4,12H,1-2H3. The summed E-state index contributed by atoms with van der Waals surface area (Å²) in [6.07, 6.45) is 0. The van der Waals surface area contributed by atoms with Crippen LogP contribution in [0.1, 0.15) is 19.5 Å². The van der Waals surface area contributed by atoms with Crippen molar-refractivity contribution in [2.75, 3.05) is 0 Å². The minimum atomic E-state index is -1.22. The molecule has 0 aliphatic rings. The molecule has 0 radical (unpaired) electrons. The van der Waals surface area contributed by atoms with E-state index in [1.54, 1.807) is 6.07 Å². The van der Waals surface area contributed by atoms with Gasteiger partial charge in [0.25, 0.3) is 0 Å². The Labute approximate surface area is 84.0 Å². The van der Waals surface area contributed by atoms with Crippen LogP contribution in [0.15, 0.2) is 12.1 Å². The van der Waals surface area contributed by atoms with Crippen molar-refractivity contribution in [3.05, 3.63) is 27.3 Å². The molecule has 0 spiro atoms. The van der Waals surface area contributed by atoms with Crippen molar-refractivity contribution in [2.45, 2.75) is 19.4 Å². The molecule has 1 aromatic rings. The van der Waals surface area contributed by atoms with Gasteiger partial charge in [-0.2, -0.15) is 0 Å². The highest BCUT2D eigenvalue weighted by Gasteiger charge is 2.22. The van der Waals surface area contributed by atoms with E-state index in [0.717, 1.165) is 0 Å². The highest BCUT2D eigenvalue weighted by atomic mass is 127. The molecule has 0 atom stereocenters. The molecule has 12 heavy (non-hydrogen) atoms. The second-order valence-electron chi connectivity index (χ2n) is 3.02. The summed E-state index contributed by atoms with van der Waals surface area (Å²) >= 11 is 1.97. The summed E-state index contributed by atoms with van der Waals surface area (Å²) in [7, 11) is 0. The molecule has 0 saturated carbocycles. The molecule has 1 rings (SSSR count). The van der Waals surface area contributed by atoms with Gasteiger partial charge in [0.1, 0.15) is 20.8 Å². The lowest BCUT2D eigenvalue weighted by atomic mass is 10.0. The van der Waals surface area contributed by atoms with Crippen LogP contribution < -0.4 is 0 Å². The quantitative estimate of drug-likeness (QED) is 0.631. The zero-order chi connectivity index (χ0) is 9.35. The molecular weight excluding hydrogens is 272 g/mol. The van der Waals surface area contributed by atoms with Crippen molar-refractivity contribution in [3.63, 3.8) is 0 Å². The van der Waals surface area contributed by atoms with Crippen molar-refractivity contribution in [1.29, 1.82) is 0 Å². The predicted molar refractivity (Wildman–Crippen MR) is 52.2 cm³/mol. The van der Waals surface area contributed by atoms with Crippen LogP contribution >= 0.6 is 22.6 Å². The fourth-order valence-electron chi connectivity index (χ4n) is 0.847. The fraction of sp³-hybridized carbons (Fsp3) is 0.375. The van der Waals surface area contributed by atoms with Crippen LogP contribution in [0.3, 0.4) is 0 Å². The molecule has 0 saturated heterocycles. The van der Waals surface area contributed by atoms with Crippen molar-refractivity contribution in [1.82, 2.24) is 4.98 Å². The first-order chi connectivity index (χ1) is 5.41. The average molecular weight is 281 g/mol. The second-order valence-corrected chi connectivity index (χ2v) is 4.13. The fourth-order valence-corrected chi connectivity index (χ4v) is 1.27. The SMILES string of the molecule is CC(C)(O)c1nc(I)ccc1F. The normalized spacial score (nSPS) is 11.8. The first kappa shape index (κ1) is 9.85. The van der Waals surface area contributed by atoms with Gasteiger partial charge in [0, 0.05) is 0 Å². The summed E-state index contributed by atoms with van der Waals surface area (Å²) in [5.41, 5.74) is -1.12. The Balaban J connectivity index is 3.23. The largest absolute Gasteiger partial charge is 0.384 e. The third-order valence-corrected chi connectivity index (χ3v) is 1.99. The van der Waals surface area contributed by atoms with E-state index >= 15 is 0 Å². The Kier molecular flexibility index (Phi) is 2.67. The molecule has 0 aliphatic heterocycles. The molecule has 0 aromatic carbocycles. The van der Waals surface area contributed by atoms with E-state index in [4.69, 9.17) is 0 Å². The number of halogens is 2. The summed E-state index contributed by atoms with van der Waals surface area (Å²) < 4.78 is 13.7. The zero-order valence-electron chi connectivity index (χ0n) is 6.81. The van der Waals surface area contributed by atoms with Crippen LogP contribution in [-0.2, 0) is 5.60 Å². The van der Waals surface area contributed by atoms with E-state index in [0.29, 0.717) is 3.70 Å². The number of nitrogens with zero attached hydrogens (tertiary/aromatic N) is 1. The third kappa shape index (κ3) is 2.13. The minimum Gasteiger partial charge on any atom is -0.384 e. The van der Waals surface area contributed by atoms with Gasteiger partial charge in [-0.05, 0) is 48.6 Å². The molecule has 1 aromatic heterocycles. The topological polar surface area (TPSA) is 33.1 Å². The zero-order valence-corrected chi connectivity index (χ0v) is 8.96. The first-order valence-electron chi connectivity index (χ1n) is 3.46. The Bertz CT molecular complexity index is 296. The van der Waals surface area contributed by atoms with Crippen molar-refractivity contribution in [2.24, 2.45) is 0 Å². The number of rotatable bonds is 1. The summed E-state index contributed by atoms with van der Waals surface area (Å²) in [6.45, 7) is 3.02. The van der Waals surface area contributed by atoms with Gasteiger partial charge in [0.15, 0.2) is 0 Å². The van der Waals surface area contributed by atoms with E-state index < -0.39 is 11.4 Å². The summed E-state index contributed by atoms with van der Waals surface area (Å²) in [4.78, 5) is 3.91. The van der Waals surface area contributed by atoms with E-state index in [9.17, 15) is 9.50 Å². The second kappa shape index (κ2) is 3.26. The molecule has 1 heterocycles. The highest BCUT2D eigenvalue weighted by Crippen LogP contribution is 2.21. The van der Waals surface area contributed by atoms with Crippen molar-refractivity contribution in [3.8, 4) is 0 Å². The number of aliphatic hydroxyl groups is 1. The Hall–Kier alpha value is -0.230. The molecule has 0 amide bonds. The Morgan fingerprint density at radius 1 is 1.50 bits per heavy atom. The molecule has 0 fully saturated rings. The van der Waals surface area contributed by atoms with E-state index in [2.05, 4.69) is 4.98 Å².